The van der Waals surface area contributed by atoms with Gasteiger partial charge in [0.1, 0.15) is 5.92 Å². The number of nitrogens with zero attached hydrogens (tertiary/aromatic N) is 1. The molecule has 2 aromatic carbocycles. The molecule has 2 aromatic rings. The van der Waals surface area contributed by atoms with Crippen molar-refractivity contribution >= 4 is 40.1 Å². The summed E-state index contributed by atoms with van der Waals surface area (Å²) < 4.78 is 13.9. The number of nitrogens with one attached hydrogen (secondary N) is 1. The first kappa shape index (κ1) is 18.2. The molecule has 0 radical (unpaired) electrons. The van der Waals surface area contributed by atoms with Crippen LogP contribution in [0.15, 0.2) is 41.3 Å². The summed E-state index contributed by atoms with van der Waals surface area (Å²) in [6, 6.07) is 10.6. The quantitative estimate of drug-likeness (QED) is 0.782. The van der Waals surface area contributed by atoms with E-state index < -0.39 is 28.7 Å². The Labute approximate surface area is 165 Å². The van der Waals surface area contributed by atoms with Gasteiger partial charge in [-0.05, 0) is 66.6 Å². The van der Waals surface area contributed by atoms with E-state index in [-0.39, 0.29) is 0 Å². The molecule has 0 saturated carbocycles. The van der Waals surface area contributed by atoms with E-state index in [1.807, 2.05) is 12.1 Å². The first-order valence-electron chi connectivity index (χ1n) is 8.87. The number of anilines is 1. The average Bonchev–Trinajstić information content (AvgIpc) is 2.65. The highest BCUT2D eigenvalue weighted by Crippen LogP contribution is 2.36. The Bertz CT molecular complexity index is 976. The van der Waals surface area contributed by atoms with E-state index in [0.29, 0.717) is 21.2 Å². The molecule has 1 heterocycles. The van der Waals surface area contributed by atoms with Crippen LogP contribution in [0.4, 0.5) is 5.69 Å². The Morgan fingerprint density at radius 3 is 2.59 bits per heavy atom. The average molecular weight is 403 g/mol. The van der Waals surface area contributed by atoms with Crippen molar-refractivity contribution in [2.24, 2.45) is 0 Å². The van der Waals surface area contributed by atoms with Gasteiger partial charge in [0, 0.05) is 17.8 Å². The largest absolute Gasteiger partial charge is 0.325 e. The molecule has 27 heavy (non-hydrogen) atoms. The maximum atomic E-state index is 13.0. The van der Waals surface area contributed by atoms with Crippen LogP contribution in [0, 0.1) is 0 Å². The van der Waals surface area contributed by atoms with E-state index in [1.165, 1.54) is 12.6 Å². The van der Waals surface area contributed by atoms with Crippen molar-refractivity contribution in [3.8, 4) is 0 Å². The molecule has 1 aliphatic heterocycles. The minimum Gasteiger partial charge on any atom is -0.325 e. The first-order chi connectivity index (χ1) is 13.0. The second-order valence-electron chi connectivity index (χ2n) is 6.88. The first-order valence-corrected chi connectivity index (χ1v) is 10.4. The molecule has 140 valence electrons. The number of benzene rings is 2. The molecule has 2 amide bonds. The second-order valence-corrected chi connectivity index (χ2v) is 8.81. The number of halogens is 1. The standard InChI is InChI=1S/C20H19ClN2O3S/c1-23-20(25)18(19(24)22-15-8-4-7-14(21)11-15)16-9-12-5-2-3-6-13(12)10-17(16)27(23)26/h4,7-11,18H,2-3,5-6H2,1H3,(H,22,24). The van der Waals surface area contributed by atoms with Gasteiger partial charge in [-0.3, -0.25) is 13.9 Å². The van der Waals surface area contributed by atoms with Gasteiger partial charge < -0.3 is 5.32 Å². The van der Waals surface area contributed by atoms with Gasteiger partial charge in [0.2, 0.25) is 5.91 Å². The maximum Gasteiger partial charge on any atom is 0.251 e. The molecule has 5 nitrogen and oxygen atoms in total. The molecular weight excluding hydrogens is 384 g/mol. The molecule has 4 rings (SSSR count). The fraction of sp³-hybridized carbons (Fsp3) is 0.300. The van der Waals surface area contributed by atoms with Crippen molar-refractivity contribution in [1.82, 2.24) is 4.31 Å². The lowest BCUT2D eigenvalue weighted by atomic mass is 9.86. The van der Waals surface area contributed by atoms with Crippen LogP contribution in [0.2, 0.25) is 5.02 Å². The SMILES string of the molecule is CN1C(=O)C(C(=O)Nc2cccc(Cl)c2)c2cc3c(cc2S1=O)CCCC3. The van der Waals surface area contributed by atoms with Gasteiger partial charge >= 0.3 is 0 Å². The zero-order valence-electron chi connectivity index (χ0n) is 14.8. The molecule has 2 unspecified atom stereocenters. The van der Waals surface area contributed by atoms with Gasteiger partial charge in [-0.2, -0.15) is 0 Å². The van der Waals surface area contributed by atoms with E-state index in [0.717, 1.165) is 35.6 Å². The van der Waals surface area contributed by atoms with Crippen LogP contribution in [0.25, 0.3) is 0 Å². The predicted octanol–water partition coefficient (Wildman–Crippen LogP) is 3.44. The Morgan fingerprint density at radius 2 is 1.89 bits per heavy atom. The van der Waals surface area contributed by atoms with Gasteiger partial charge in [0.15, 0.2) is 11.0 Å². The number of fused-ring (bicyclic) bond motifs is 2. The molecule has 0 aromatic heterocycles. The molecule has 2 aliphatic rings. The minimum absolute atomic E-state index is 0.442. The summed E-state index contributed by atoms with van der Waals surface area (Å²) in [6.45, 7) is 0. The summed E-state index contributed by atoms with van der Waals surface area (Å²) in [5.41, 5.74) is 3.39. The molecule has 0 spiro atoms. The molecule has 0 fully saturated rings. The summed E-state index contributed by atoms with van der Waals surface area (Å²) in [5, 5.41) is 3.27. The van der Waals surface area contributed by atoms with Crippen LogP contribution in [0.1, 0.15) is 35.4 Å². The van der Waals surface area contributed by atoms with Crippen LogP contribution in [0.5, 0.6) is 0 Å². The predicted molar refractivity (Wildman–Crippen MR) is 105 cm³/mol. The summed E-state index contributed by atoms with van der Waals surface area (Å²) in [5.74, 6) is -1.92. The lowest BCUT2D eigenvalue weighted by molar-refractivity contribution is -0.132. The van der Waals surface area contributed by atoms with Gasteiger partial charge in [-0.25, -0.2) is 4.21 Å². The number of carbonyl (C=O) groups excluding carboxylic acids is 2. The van der Waals surface area contributed by atoms with Crippen LogP contribution in [-0.4, -0.2) is 27.4 Å². The van der Waals surface area contributed by atoms with Crippen molar-refractivity contribution in [2.45, 2.75) is 36.5 Å². The minimum atomic E-state index is -1.59. The van der Waals surface area contributed by atoms with E-state index in [9.17, 15) is 13.8 Å². The van der Waals surface area contributed by atoms with Crippen molar-refractivity contribution in [1.29, 1.82) is 0 Å². The highest BCUT2D eigenvalue weighted by molar-refractivity contribution is 7.83. The number of likely N-dealkylation sites (N-methyl/N-ethyl adjacent to an activating group) is 1. The normalized spacial score (nSPS) is 21.4. The fourth-order valence-electron chi connectivity index (χ4n) is 3.74. The summed E-state index contributed by atoms with van der Waals surface area (Å²) in [7, 11) is -0.120. The third-order valence-corrected chi connectivity index (χ3v) is 6.78. The van der Waals surface area contributed by atoms with Crippen LogP contribution in [0.3, 0.4) is 0 Å². The Balaban J connectivity index is 1.76. The van der Waals surface area contributed by atoms with Gasteiger partial charge in [0.25, 0.3) is 5.91 Å². The lowest BCUT2D eigenvalue weighted by Gasteiger charge is -2.31. The molecule has 0 bridgehead atoms. The van der Waals surface area contributed by atoms with Gasteiger partial charge in [-0.1, -0.05) is 23.7 Å². The van der Waals surface area contributed by atoms with E-state index in [2.05, 4.69) is 5.32 Å². The highest BCUT2D eigenvalue weighted by atomic mass is 35.5. The Morgan fingerprint density at radius 1 is 1.19 bits per heavy atom. The summed E-state index contributed by atoms with van der Waals surface area (Å²) in [4.78, 5) is 26.3. The number of amides is 2. The zero-order chi connectivity index (χ0) is 19.1. The van der Waals surface area contributed by atoms with Crippen LogP contribution in [-0.2, 0) is 33.4 Å². The lowest BCUT2D eigenvalue weighted by Crippen LogP contribution is -2.43. The molecule has 2 atom stereocenters. The third kappa shape index (κ3) is 3.28. The highest BCUT2D eigenvalue weighted by Gasteiger charge is 2.41. The molecule has 1 aliphatic carbocycles. The molecule has 0 saturated heterocycles. The van der Waals surface area contributed by atoms with Crippen LogP contribution < -0.4 is 5.32 Å². The number of aryl methyl sites for hydroxylation is 2. The molecule has 1 N–H and O–H groups in total. The van der Waals surface area contributed by atoms with E-state index in [4.69, 9.17) is 11.6 Å². The van der Waals surface area contributed by atoms with Crippen molar-refractivity contribution in [2.75, 3.05) is 12.4 Å². The summed E-state index contributed by atoms with van der Waals surface area (Å²) in [6.07, 6.45) is 4.05. The number of hydrogen-bond donors (Lipinski definition) is 1. The maximum absolute atomic E-state index is 13.0. The van der Waals surface area contributed by atoms with Crippen LogP contribution >= 0.6 is 11.6 Å². The van der Waals surface area contributed by atoms with E-state index in [1.54, 1.807) is 24.3 Å². The fourth-order valence-corrected chi connectivity index (χ4v) is 5.11. The number of carbonyl (C=O) groups is 2. The number of hydrogen-bond acceptors (Lipinski definition) is 3. The zero-order valence-corrected chi connectivity index (χ0v) is 16.4. The summed E-state index contributed by atoms with van der Waals surface area (Å²) >= 11 is 5.98. The van der Waals surface area contributed by atoms with Gasteiger partial charge in [0.05, 0.1) is 4.90 Å². The number of rotatable bonds is 2. The van der Waals surface area contributed by atoms with Crippen molar-refractivity contribution < 1.29 is 13.8 Å². The monoisotopic (exact) mass is 402 g/mol. The topological polar surface area (TPSA) is 66.5 Å². The molecular formula is C20H19ClN2O3S. The smallest absolute Gasteiger partial charge is 0.251 e. The van der Waals surface area contributed by atoms with Crippen molar-refractivity contribution in [3.05, 3.63) is 58.1 Å². The van der Waals surface area contributed by atoms with Gasteiger partial charge in [-0.15, -0.1) is 0 Å². The third-order valence-electron chi connectivity index (χ3n) is 5.13. The van der Waals surface area contributed by atoms with E-state index >= 15 is 0 Å². The second kappa shape index (κ2) is 7.09. The Hall–Kier alpha value is -2.18. The Kier molecular flexibility index (Phi) is 4.78. The molecule has 7 heteroatoms. The van der Waals surface area contributed by atoms with Crippen molar-refractivity contribution in [3.63, 3.8) is 0 Å².